The molecule has 1 saturated carbocycles. The summed E-state index contributed by atoms with van der Waals surface area (Å²) in [7, 11) is -1.45. The Morgan fingerprint density at radius 1 is 1.03 bits per heavy atom. The molecular formula is C26H32O4Si. The summed E-state index contributed by atoms with van der Waals surface area (Å²) in [5.41, 5.74) is 1.48. The molecule has 0 bridgehead atoms. The van der Waals surface area contributed by atoms with Crippen molar-refractivity contribution in [2.45, 2.75) is 50.9 Å². The SMILES string of the molecule is C=C1[C@H](O)CC(=CC(=O)OC)C[C@H]1O[Si](c1ccccc1)(c1ccccc1)C(C)(C)C. The van der Waals surface area contributed by atoms with E-state index in [9.17, 15) is 9.90 Å². The number of aliphatic hydroxyl groups excluding tert-OH is 1. The molecular weight excluding hydrogens is 404 g/mol. The van der Waals surface area contributed by atoms with E-state index < -0.39 is 26.5 Å². The van der Waals surface area contributed by atoms with Crippen molar-refractivity contribution in [2.75, 3.05) is 7.11 Å². The minimum atomic E-state index is -2.80. The van der Waals surface area contributed by atoms with Crippen molar-refractivity contribution in [1.29, 1.82) is 0 Å². The van der Waals surface area contributed by atoms with Crippen LogP contribution in [0.3, 0.4) is 0 Å². The van der Waals surface area contributed by atoms with Crippen molar-refractivity contribution in [2.24, 2.45) is 0 Å². The van der Waals surface area contributed by atoms with Crippen molar-refractivity contribution in [3.05, 3.63) is 84.5 Å². The molecule has 1 N–H and O–H groups in total. The zero-order valence-electron chi connectivity index (χ0n) is 18.8. The lowest BCUT2D eigenvalue weighted by Gasteiger charge is -2.47. The van der Waals surface area contributed by atoms with E-state index in [1.54, 1.807) is 0 Å². The molecule has 0 heterocycles. The average molecular weight is 437 g/mol. The van der Waals surface area contributed by atoms with Gasteiger partial charge in [-0.05, 0) is 33.8 Å². The molecule has 0 radical (unpaired) electrons. The van der Waals surface area contributed by atoms with Crippen molar-refractivity contribution >= 4 is 24.7 Å². The Bertz CT molecular complexity index is 905. The molecule has 3 rings (SSSR count). The van der Waals surface area contributed by atoms with Crippen LogP contribution in [0, 0.1) is 0 Å². The quantitative estimate of drug-likeness (QED) is 0.336. The molecule has 0 amide bonds. The number of hydrogen-bond donors (Lipinski definition) is 1. The van der Waals surface area contributed by atoms with Crippen LogP contribution in [0.5, 0.6) is 0 Å². The van der Waals surface area contributed by atoms with E-state index in [0.717, 1.165) is 5.57 Å². The summed E-state index contributed by atoms with van der Waals surface area (Å²) in [5, 5.41) is 12.8. The van der Waals surface area contributed by atoms with Gasteiger partial charge >= 0.3 is 5.97 Å². The molecule has 0 spiro atoms. The van der Waals surface area contributed by atoms with Gasteiger partial charge in [0.25, 0.3) is 8.32 Å². The second kappa shape index (κ2) is 9.35. The van der Waals surface area contributed by atoms with Crippen LogP contribution in [0.25, 0.3) is 0 Å². The van der Waals surface area contributed by atoms with E-state index in [1.807, 2.05) is 36.4 Å². The summed E-state index contributed by atoms with van der Waals surface area (Å²) in [5.74, 6) is -0.418. The highest BCUT2D eigenvalue weighted by molar-refractivity contribution is 6.99. The molecule has 1 aliphatic carbocycles. The Labute approximate surface area is 186 Å². The van der Waals surface area contributed by atoms with Gasteiger partial charge in [0, 0.05) is 6.08 Å². The average Bonchev–Trinajstić information content (AvgIpc) is 2.75. The predicted molar refractivity (Wildman–Crippen MR) is 127 cm³/mol. The summed E-state index contributed by atoms with van der Waals surface area (Å²) in [4.78, 5) is 11.8. The highest BCUT2D eigenvalue weighted by Crippen LogP contribution is 2.40. The Morgan fingerprint density at radius 3 is 2.00 bits per heavy atom. The molecule has 31 heavy (non-hydrogen) atoms. The number of esters is 1. The standard InChI is InChI=1S/C26H32O4Si/c1-19-23(27)16-20(18-25(28)29-5)17-24(19)30-31(26(2,3)4,21-12-8-6-9-13-21)22-14-10-7-11-15-22/h6-15,18,23-24,27H,1,16-17H2,2-5H3/t23-,24-/m1/s1. The van der Waals surface area contributed by atoms with Crippen LogP contribution >= 0.6 is 0 Å². The van der Waals surface area contributed by atoms with Crippen LogP contribution in [-0.4, -0.2) is 38.7 Å². The first-order chi connectivity index (χ1) is 14.7. The van der Waals surface area contributed by atoms with Gasteiger partial charge in [-0.25, -0.2) is 4.79 Å². The van der Waals surface area contributed by atoms with Crippen molar-refractivity contribution in [3.8, 4) is 0 Å². The van der Waals surface area contributed by atoms with Gasteiger partial charge in [0.15, 0.2) is 0 Å². The van der Waals surface area contributed by atoms with Crippen LogP contribution in [-0.2, 0) is 14.0 Å². The number of carbonyl (C=O) groups excluding carboxylic acids is 1. The van der Waals surface area contributed by atoms with Gasteiger partial charge in [-0.3, -0.25) is 0 Å². The molecule has 0 unspecified atom stereocenters. The second-order valence-corrected chi connectivity index (χ2v) is 13.3. The number of ether oxygens (including phenoxy) is 1. The van der Waals surface area contributed by atoms with E-state index in [2.05, 4.69) is 51.6 Å². The lowest BCUT2D eigenvalue weighted by molar-refractivity contribution is -0.134. The Balaban J connectivity index is 2.13. The lowest BCUT2D eigenvalue weighted by Crippen LogP contribution is -2.68. The first-order valence-electron chi connectivity index (χ1n) is 10.6. The molecule has 164 valence electrons. The van der Waals surface area contributed by atoms with Crippen molar-refractivity contribution in [1.82, 2.24) is 0 Å². The van der Waals surface area contributed by atoms with E-state index in [-0.39, 0.29) is 5.04 Å². The monoisotopic (exact) mass is 436 g/mol. The van der Waals surface area contributed by atoms with E-state index in [0.29, 0.717) is 18.4 Å². The van der Waals surface area contributed by atoms with Gasteiger partial charge < -0.3 is 14.3 Å². The summed E-state index contributed by atoms with van der Waals surface area (Å²) in [6.07, 6.45) is 1.19. The van der Waals surface area contributed by atoms with Crippen molar-refractivity contribution < 1.29 is 19.1 Å². The molecule has 0 aliphatic heterocycles. The number of carbonyl (C=O) groups is 1. The molecule has 0 aromatic heterocycles. The van der Waals surface area contributed by atoms with Gasteiger partial charge in [-0.2, -0.15) is 0 Å². The van der Waals surface area contributed by atoms with Crippen LogP contribution in [0.1, 0.15) is 33.6 Å². The smallest absolute Gasteiger partial charge is 0.330 e. The van der Waals surface area contributed by atoms with Crippen molar-refractivity contribution in [3.63, 3.8) is 0 Å². The van der Waals surface area contributed by atoms with Gasteiger partial charge in [0.1, 0.15) is 0 Å². The van der Waals surface area contributed by atoms with Gasteiger partial charge in [0.05, 0.1) is 19.3 Å². The molecule has 1 fully saturated rings. The molecule has 2 aromatic carbocycles. The fraction of sp³-hybridized carbons (Fsp3) is 0.346. The minimum absolute atomic E-state index is 0.190. The topological polar surface area (TPSA) is 55.8 Å². The fourth-order valence-electron chi connectivity index (χ4n) is 4.41. The number of aliphatic hydroxyl groups is 1. The van der Waals surface area contributed by atoms with E-state index in [4.69, 9.17) is 9.16 Å². The molecule has 1 aliphatic rings. The summed E-state index contributed by atoms with van der Waals surface area (Å²) >= 11 is 0. The molecule has 2 atom stereocenters. The minimum Gasteiger partial charge on any atom is -0.466 e. The highest BCUT2D eigenvalue weighted by atomic mass is 28.4. The normalized spacial score (nSPS) is 21.2. The second-order valence-electron chi connectivity index (χ2n) is 9.09. The van der Waals surface area contributed by atoms with Crippen LogP contribution in [0.4, 0.5) is 0 Å². The Kier molecular flexibility index (Phi) is 6.99. The van der Waals surface area contributed by atoms with Gasteiger partial charge in [0.2, 0.25) is 0 Å². The lowest BCUT2D eigenvalue weighted by atomic mass is 9.86. The molecule has 5 heteroatoms. The molecule has 2 aromatic rings. The summed E-state index contributed by atoms with van der Waals surface area (Å²) < 4.78 is 11.9. The highest BCUT2D eigenvalue weighted by Gasteiger charge is 2.52. The zero-order valence-corrected chi connectivity index (χ0v) is 19.8. The number of methoxy groups -OCH3 is 1. The number of hydrogen-bond acceptors (Lipinski definition) is 4. The maximum Gasteiger partial charge on any atom is 0.330 e. The maximum atomic E-state index is 11.8. The van der Waals surface area contributed by atoms with Gasteiger partial charge in [-0.1, -0.05) is 93.6 Å². The van der Waals surface area contributed by atoms with Crippen LogP contribution in [0.15, 0.2) is 84.5 Å². The largest absolute Gasteiger partial charge is 0.466 e. The first kappa shape index (κ1) is 23.2. The van der Waals surface area contributed by atoms with E-state index >= 15 is 0 Å². The zero-order chi connectivity index (χ0) is 22.6. The molecule has 4 nitrogen and oxygen atoms in total. The summed E-state index contributed by atoms with van der Waals surface area (Å²) in [6.45, 7) is 10.8. The third kappa shape index (κ3) is 4.74. The van der Waals surface area contributed by atoms with E-state index in [1.165, 1.54) is 23.6 Å². The third-order valence-electron chi connectivity index (χ3n) is 6.00. The third-order valence-corrected chi connectivity index (χ3v) is 11.0. The predicted octanol–water partition coefficient (Wildman–Crippen LogP) is 3.74. The number of rotatable bonds is 5. The fourth-order valence-corrected chi connectivity index (χ4v) is 9.09. The van der Waals surface area contributed by atoms with Crippen LogP contribution in [0.2, 0.25) is 5.04 Å². The Morgan fingerprint density at radius 2 is 1.55 bits per heavy atom. The number of benzene rings is 2. The maximum absolute atomic E-state index is 11.8. The Hall–Kier alpha value is -2.47. The summed E-state index contributed by atoms with van der Waals surface area (Å²) in [6, 6.07) is 20.7. The van der Waals surface area contributed by atoms with Crippen LogP contribution < -0.4 is 10.4 Å². The van der Waals surface area contributed by atoms with Gasteiger partial charge in [-0.15, -0.1) is 0 Å². The first-order valence-corrected chi connectivity index (χ1v) is 12.5. The molecule has 0 saturated heterocycles.